The van der Waals surface area contributed by atoms with Crippen molar-refractivity contribution in [3.8, 4) is 5.88 Å². The van der Waals surface area contributed by atoms with E-state index >= 15 is 0 Å². The smallest absolute Gasteiger partial charge is 0.344 e. The molecule has 2 aromatic rings. The van der Waals surface area contributed by atoms with Gasteiger partial charge in [0.15, 0.2) is 5.56 Å². The Morgan fingerprint density at radius 3 is 2.56 bits per heavy atom. The fraction of sp³-hybridized carbons (Fsp3) is 0.450. The molecule has 9 nitrogen and oxygen atoms in total. The number of carboxylic acids is 1. The number of hydrogen-bond acceptors (Lipinski definition) is 7. The first-order chi connectivity index (χ1) is 15.3. The molecule has 1 saturated heterocycles. The molecule has 0 spiro atoms. The van der Waals surface area contributed by atoms with E-state index in [0.29, 0.717) is 18.1 Å². The molecule has 174 valence electrons. The molecular weight excluding hydrogens is 444 g/mol. The number of anilines is 1. The average molecular weight is 470 g/mol. The van der Waals surface area contributed by atoms with Gasteiger partial charge in [0.2, 0.25) is 5.88 Å². The Kier molecular flexibility index (Phi) is 8.31. The van der Waals surface area contributed by atoms with Crippen LogP contribution in [0.3, 0.4) is 0 Å². The maximum atomic E-state index is 13.7. The van der Waals surface area contributed by atoms with E-state index in [1.807, 2.05) is 0 Å². The Labute approximate surface area is 188 Å². The Hall–Kier alpha value is -2.83. The van der Waals surface area contributed by atoms with Crippen molar-refractivity contribution < 1.29 is 28.2 Å². The lowest BCUT2D eigenvalue weighted by atomic mass is 10.2. The molecule has 1 fully saturated rings. The summed E-state index contributed by atoms with van der Waals surface area (Å²) in [6.45, 7) is 4.77. The van der Waals surface area contributed by atoms with E-state index in [1.165, 1.54) is 6.07 Å². The van der Waals surface area contributed by atoms with Crippen LogP contribution in [-0.4, -0.2) is 77.6 Å². The van der Waals surface area contributed by atoms with E-state index in [2.05, 4.69) is 31.9 Å². The van der Waals surface area contributed by atoms with Gasteiger partial charge in [-0.2, -0.15) is 4.37 Å². The third-order valence-corrected chi connectivity index (χ3v) is 5.80. The highest BCUT2D eigenvalue weighted by Gasteiger charge is 2.24. The van der Waals surface area contributed by atoms with E-state index in [0.717, 1.165) is 51.3 Å². The number of rotatable bonds is 9. The van der Waals surface area contributed by atoms with E-state index in [4.69, 9.17) is 4.74 Å². The number of nitrogens with zero attached hydrogens (tertiary/aromatic N) is 3. The van der Waals surface area contributed by atoms with Crippen LogP contribution >= 0.6 is 11.5 Å². The zero-order valence-electron chi connectivity index (χ0n) is 17.6. The predicted octanol–water partition coefficient (Wildman–Crippen LogP) is 2.46. The summed E-state index contributed by atoms with van der Waals surface area (Å²) in [5.41, 5.74) is -0.719. The second kappa shape index (κ2) is 11.2. The monoisotopic (exact) mass is 469 g/mol. The number of benzene rings is 1. The molecular formula is C20H25F2N5O4S. The summed E-state index contributed by atoms with van der Waals surface area (Å²) in [5.74, 6) is -3.33. The SMILES string of the molecule is CN1CCN(CCCNC(=O)Nc2snc(OCc3c(F)cccc3F)c2C(=O)O)CC1. The van der Waals surface area contributed by atoms with Crippen LogP contribution in [0.5, 0.6) is 5.88 Å². The van der Waals surface area contributed by atoms with Crippen molar-refractivity contribution in [2.75, 3.05) is 51.6 Å². The first-order valence-corrected chi connectivity index (χ1v) is 10.9. The highest BCUT2D eigenvalue weighted by atomic mass is 32.1. The predicted molar refractivity (Wildman–Crippen MR) is 115 cm³/mol. The maximum Gasteiger partial charge on any atom is 0.344 e. The van der Waals surface area contributed by atoms with Gasteiger partial charge in [-0.15, -0.1) is 0 Å². The third kappa shape index (κ3) is 6.34. The Morgan fingerprint density at radius 1 is 1.22 bits per heavy atom. The van der Waals surface area contributed by atoms with Crippen molar-refractivity contribution >= 4 is 28.5 Å². The second-order valence-electron chi connectivity index (χ2n) is 7.37. The van der Waals surface area contributed by atoms with Crippen LogP contribution in [0.25, 0.3) is 0 Å². The maximum absolute atomic E-state index is 13.7. The zero-order chi connectivity index (χ0) is 23.1. The van der Waals surface area contributed by atoms with Crippen LogP contribution in [0.15, 0.2) is 18.2 Å². The van der Waals surface area contributed by atoms with Crippen LogP contribution < -0.4 is 15.4 Å². The van der Waals surface area contributed by atoms with Gasteiger partial charge in [0.1, 0.15) is 23.2 Å². The number of hydrogen-bond donors (Lipinski definition) is 3. The summed E-state index contributed by atoms with van der Waals surface area (Å²) in [5, 5.41) is 14.6. The van der Waals surface area contributed by atoms with Crippen LogP contribution in [0.1, 0.15) is 22.3 Å². The molecule has 0 unspecified atom stereocenters. The van der Waals surface area contributed by atoms with E-state index < -0.39 is 30.2 Å². The first kappa shape index (κ1) is 23.8. The minimum atomic E-state index is -1.38. The molecule has 1 aliphatic rings. The minimum absolute atomic E-state index is 0.0296. The van der Waals surface area contributed by atoms with Gasteiger partial charge in [-0.3, -0.25) is 5.32 Å². The van der Waals surface area contributed by atoms with Gasteiger partial charge in [0, 0.05) is 32.7 Å². The van der Waals surface area contributed by atoms with Crippen molar-refractivity contribution in [2.24, 2.45) is 0 Å². The number of amides is 2. The molecule has 0 saturated carbocycles. The third-order valence-electron chi connectivity index (χ3n) is 5.05. The van der Waals surface area contributed by atoms with Crippen molar-refractivity contribution in [3.63, 3.8) is 0 Å². The van der Waals surface area contributed by atoms with Gasteiger partial charge in [-0.05, 0) is 43.7 Å². The summed E-state index contributed by atoms with van der Waals surface area (Å²) in [7, 11) is 2.09. The molecule has 0 atom stereocenters. The first-order valence-electron chi connectivity index (χ1n) is 10.1. The second-order valence-corrected chi connectivity index (χ2v) is 8.14. The number of urea groups is 1. The molecule has 3 rings (SSSR count). The lowest BCUT2D eigenvalue weighted by Crippen LogP contribution is -2.45. The van der Waals surface area contributed by atoms with E-state index in [9.17, 15) is 23.5 Å². The number of nitrogens with one attached hydrogen (secondary N) is 2. The van der Waals surface area contributed by atoms with E-state index in [1.54, 1.807) is 0 Å². The van der Waals surface area contributed by atoms with Gasteiger partial charge >= 0.3 is 12.0 Å². The van der Waals surface area contributed by atoms with Gasteiger partial charge in [-0.1, -0.05) is 6.07 Å². The Bertz CT molecular complexity index is 930. The van der Waals surface area contributed by atoms with Crippen molar-refractivity contribution in [3.05, 3.63) is 41.0 Å². The molecule has 1 aromatic heterocycles. The largest absolute Gasteiger partial charge is 0.477 e. The van der Waals surface area contributed by atoms with Crippen molar-refractivity contribution in [2.45, 2.75) is 13.0 Å². The molecule has 2 heterocycles. The summed E-state index contributed by atoms with van der Waals surface area (Å²) in [6, 6.07) is 2.79. The highest BCUT2D eigenvalue weighted by molar-refractivity contribution is 7.11. The fourth-order valence-electron chi connectivity index (χ4n) is 3.18. The number of aromatic nitrogens is 1. The number of likely N-dealkylation sites (N-methyl/N-ethyl adjacent to an activating group) is 1. The number of carboxylic acid groups (broad SMARTS) is 1. The van der Waals surface area contributed by atoms with Crippen LogP contribution in [0.2, 0.25) is 0 Å². The normalized spacial score (nSPS) is 14.8. The summed E-state index contributed by atoms with van der Waals surface area (Å²) < 4.78 is 36.6. The number of ether oxygens (including phenoxy) is 1. The Morgan fingerprint density at radius 2 is 1.91 bits per heavy atom. The van der Waals surface area contributed by atoms with Gasteiger partial charge in [-0.25, -0.2) is 18.4 Å². The van der Waals surface area contributed by atoms with Gasteiger partial charge in [0.05, 0.1) is 5.56 Å². The van der Waals surface area contributed by atoms with Gasteiger partial charge < -0.3 is 25.0 Å². The molecule has 0 aliphatic carbocycles. The average Bonchev–Trinajstić information content (AvgIpc) is 3.14. The summed E-state index contributed by atoms with van der Waals surface area (Å²) in [4.78, 5) is 28.4. The number of piperazine rings is 1. The fourth-order valence-corrected chi connectivity index (χ4v) is 3.90. The summed E-state index contributed by atoms with van der Waals surface area (Å²) in [6.07, 6.45) is 0.758. The van der Waals surface area contributed by atoms with Crippen LogP contribution in [0.4, 0.5) is 18.6 Å². The molecule has 32 heavy (non-hydrogen) atoms. The lowest BCUT2D eigenvalue weighted by molar-refractivity contribution is 0.0693. The zero-order valence-corrected chi connectivity index (χ0v) is 18.4. The topological polar surface area (TPSA) is 107 Å². The van der Waals surface area contributed by atoms with Gasteiger partial charge in [0.25, 0.3) is 0 Å². The highest BCUT2D eigenvalue weighted by Crippen LogP contribution is 2.31. The molecule has 1 aliphatic heterocycles. The minimum Gasteiger partial charge on any atom is -0.477 e. The van der Waals surface area contributed by atoms with E-state index in [-0.39, 0.29) is 22.0 Å². The molecule has 3 N–H and O–H groups in total. The summed E-state index contributed by atoms with van der Waals surface area (Å²) >= 11 is 0.710. The standard InChI is InChI=1S/C20H25F2N5O4S/c1-26-8-10-27(11-9-26)7-3-6-23-20(30)24-18-16(19(28)29)17(25-32-18)31-12-13-14(21)4-2-5-15(13)22/h2,4-5H,3,6-12H2,1H3,(H,28,29)(H2,23,24,30). The van der Waals surface area contributed by atoms with Crippen LogP contribution in [-0.2, 0) is 6.61 Å². The molecule has 12 heteroatoms. The molecule has 2 amide bonds. The number of halogens is 2. The number of carbonyl (C=O) groups is 2. The molecule has 0 bridgehead atoms. The quantitative estimate of drug-likeness (QED) is 0.485. The van der Waals surface area contributed by atoms with Crippen molar-refractivity contribution in [1.29, 1.82) is 0 Å². The lowest BCUT2D eigenvalue weighted by Gasteiger charge is -2.32. The Balaban J connectivity index is 1.51. The molecule has 0 radical (unpaired) electrons. The van der Waals surface area contributed by atoms with Crippen LogP contribution in [0, 0.1) is 11.6 Å². The molecule has 1 aromatic carbocycles. The number of aromatic carboxylic acids is 1. The van der Waals surface area contributed by atoms with Crippen molar-refractivity contribution in [1.82, 2.24) is 19.5 Å². The number of carbonyl (C=O) groups excluding carboxylic acids is 1.